The van der Waals surface area contributed by atoms with Crippen molar-refractivity contribution >= 4 is 18.1 Å². The van der Waals surface area contributed by atoms with E-state index in [0.717, 1.165) is 11.1 Å². The highest BCUT2D eigenvalue weighted by molar-refractivity contribution is 5.89. The van der Waals surface area contributed by atoms with Crippen LogP contribution in [0, 0.1) is 0 Å². The number of pyridine rings is 1. The van der Waals surface area contributed by atoms with E-state index in [-0.39, 0.29) is 5.97 Å². The number of esters is 1. The van der Waals surface area contributed by atoms with Crippen LogP contribution in [0.2, 0.25) is 0 Å². The summed E-state index contributed by atoms with van der Waals surface area (Å²) in [6, 6.07) is 11.2. The maximum absolute atomic E-state index is 11.5. The molecule has 1 heterocycles. The van der Waals surface area contributed by atoms with Crippen molar-refractivity contribution in [3.8, 4) is 0 Å². The number of nitrogens with zero attached hydrogens (tertiary/aromatic N) is 1. The molecule has 0 saturated heterocycles. The van der Waals surface area contributed by atoms with Crippen molar-refractivity contribution in [3.05, 3.63) is 65.5 Å². The van der Waals surface area contributed by atoms with Crippen LogP contribution in [0.5, 0.6) is 0 Å². The van der Waals surface area contributed by atoms with Gasteiger partial charge in [-0.2, -0.15) is 0 Å². The van der Waals surface area contributed by atoms with Crippen LogP contribution in [0.3, 0.4) is 0 Å². The normalized spacial score (nSPS) is 10.6. The fourth-order valence-electron chi connectivity index (χ4n) is 1.61. The van der Waals surface area contributed by atoms with Crippen LogP contribution in [-0.2, 0) is 4.74 Å². The number of hydrogen-bond donors (Lipinski definition) is 0. The van der Waals surface area contributed by atoms with E-state index in [0.29, 0.717) is 12.2 Å². The standard InChI is InChI=1S/C16H15NO2/c1-2-19-16(18)15-9-7-13(8-10-15)5-6-14-4-3-11-17-12-14/h3-12H,2H2,1H3. The average molecular weight is 253 g/mol. The quantitative estimate of drug-likeness (QED) is 0.784. The number of rotatable bonds is 4. The first-order valence-corrected chi connectivity index (χ1v) is 6.15. The maximum atomic E-state index is 11.5. The average Bonchev–Trinajstić information content (AvgIpc) is 2.47. The van der Waals surface area contributed by atoms with Crippen molar-refractivity contribution in [2.24, 2.45) is 0 Å². The minimum atomic E-state index is -0.287. The second kappa shape index (κ2) is 6.50. The fraction of sp³-hybridized carbons (Fsp3) is 0.125. The molecule has 1 aromatic heterocycles. The van der Waals surface area contributed by atoms with Gasteiger partial charge in [0.1, 0.15) is 0 Å². The summed E-state index contributed by atoms with van der Waals surface area (Å²) >= 11 is 0. The van der Waals surface area contributed by atoms with E-state index in [4.69, 9.17) is 4.74 Å². The zero-order chi connectivity index (χ0) is 13.5. The van der Waals surface area contributed by atoms with Gasteiger partial charge in [-0.15, -0.1) is 0 Å². The van der Waals surface area contributed by atoms with E-state index in [1.54, 1.807) is 31.5 Å². The highest BCUT2D eigenvalue weighted by atomic mass is 16.5. The van der Waals surface area contributed by atoms with E-state index >= 15 is 0 Å². The number of hydrogen-bond acceptors (Lipinski definition) is 3. The van der Waals surface area contributed by atoms with Gasteiger partial charge in [0, 0.05) is 12.4 Å². The molecular formula is C16H15NO2. The molecule has 0 fully saturated rings. The number of carbonyl (C=O) groups is 1. The topological polar surface area (TPSA) is 39.2 Å². The van der Waals surface area contributed by atoms with Gasteiger partial charge in [0.15, 0.2) is 0 Å². The molecule has 0 aliphatic rings. The number of ether oxygens (including phenoxy) is 1. The molecule has 0 radical (unpaired) electrons. The largest absolute Gasteiger partial charge is 0.462 e. The van der Waals surface area contributed by atoms with Crippen LogP contribution < -0.4 is 0 Å². The molecule has 3 heteroatoms. The molecule has 2 aromatic rings. The van der Waals surface area contributed by atoms with Gasteiger partial charge >= 0.3 is 5.97 Å². The second-order valence-corrected chi connectivity index (χ2v) is 3.96. The molecule has 96 valence electrons. The number of carbonyl (C=O) groups excluding carboxylic acids is 1. The Bertz CT molecular complexity index is 559. The molecule has 0 spiro atoms. The van der Waals surface area contributed by atoms with E-state index in [9.17, 15) is 4.79 Å². The van der Waals surface area contributed by atoms with Crippen LogP contribution in [0.15, 0.2) is 48.8 Å². The third-order valence-electron chi connectivity index (χ3n) is 2.57. The molecule has 0 amide bonds. The van der Waals surface area contributed by atoms with Crippen LogP contribution in [0.4, 0.5) is 0 Å². The molecule has 3 nitrogen and oxygen atoms in total. The molecule has 0 aliphatic heterocycles. The lowest BCUT2D eigenvalue weighted by Crippen LogP contribution is -2.03. The van der Waals surface area contributed by atoms with Crippen LogP contribution in [0.1, 0.15) is 28.4 Å². The Labute approximate surface area is 112 Å². The third-order valence-corrected chi connectivity index (χ3v) is 2.57. The summed E-state index contributed by atoms with van der Waals surface area (Å²) in [5, 5.41) is 0. The van der Waals surface area contributed by atoms with Gasteiger partial charge in [0.2, 0.25) is 0 Å². The Hall–Kier alpha value is -2.42. The summed E-state index contributed by atoms with van der Waals surface area (Å²) < 4.78 is 4.93. The van der Waals surface area contributed by atoms with Gasteiger partial charge in [-0.3, -0.25) is 4.98 Å². The zero-order valence-electron chi connectivity index (χ0n) is 10.7. The Morgan fingerprint density at radius 3 is 2.53 bits per heavy atom. The highest BCUT2D eigenvalue weighted by Crippen LogP contribution is 2.10. The first-order valence-electron chi connectivity index (χ1n) is 6.15. The Morgan fingerprint density at radius 2 is 1.89 bits per heavy atom. The van der Waals surface area contributed by atoms with Crippen molar-refractivity contribution in [1.82, 2.24) is 4.98 Å². The summed E-state index contributed by atoms with van der Waals surface area (Å²) in [5.74, 6) is -0.287. The van der Waals surface area contributed by atoms with Crippen molar-refractivity contribution < 1.29 is 9.53 Å². The molecule has 0 atom stereocenters. The molecule has 0 unspecified atom stereocenters. The van der Waals surface area contributed by atoms with Gasteiger partial charge in [-0.05, 0) is 36.2 Å². The van der Waals surface area contributed by atoms with E-state index in [1.807, 2.05) is 36.4 Å². The molecule has 0 aliphatic carbocycles. The summed E-state index contributed by atoms with van der Waals surface area (Å²) in [6.07, 6.45) is 7.49. The maximum Gasteiger partial charge on any atom is 0.338 e. The second-order valence-electron chi connectivity index (χ2n) is 3.96. The molecule has 19 heavy (non-hydrogen) atoms. The monoisotopic (exact) mass is 253 g/mol. The Balaban J connectivity index is 2.07. The summed E-state index contributed by atoms with van der Waals surface area (Å²) in [7, 11) is 0. The van der Waals surface area contributed by atoms with Gasteiger partial charge in [-0.1, -0.05) is 30.4 Å². The molecular weight excluding hydrogens is 238 g/mol. The lowest BCUT2D eigenvalue weighted by molar-refractivity contribution is 0.0526. The van der Waals surface area contributed by atoms with Crippen molar-refractivity contribution in [3.63, 3.8) is 0 Å². The van der Waals surface area contributed by atoms with Gasteiger partial charge in [-0.25, -0.2) is 4.79 Å². The minimum Gasteiger partial charge on any atom is -0.462 e. The van der Waals surface area contributed by atoms with Crippen molar-refractivity contribution in [1.29, 1.82) is 0 Å². The predicted octanol–water partition coefficient (Wildman–Crippen LogP) is 3.43. The summed E-state index contributed by atoms with van der Waals surface area (Å²) in [4.78, 5) is 15.5. The van der Waals surface area contributed by atoms with Gasteiger partial charge < -0.3 is 4.74 Å². The highest BCUT2D eigenvalue weighted by Gasteiger charge is 2.04. The third kappa shape index (κ3) is 3.78. The number of aromatic nitrogens is 1. The smallest absolute Gasteiger partial charge is 0.338 e. The predicted molar refractivity (Wildman–Crippen MR) is 75.6 cm³/mol. The Morgan fingerprint density at radius 1 is 1.16 bits per heavy atom. The Kier molecular flexibility index (Phi) is 4.45. The van der Waals surface area contributed by atoms with Crippen molar-refractivity contribution in [2.45, 2.75) is 6.92 Å². The molecule has 0 N–H and O–H groups in total. The van der Waals surface area contributed by atoms with Crippen LogP contribution in [0.25, 0.3) is 12.2 Å². The van der Waals surface area contributed by atoms with Gasteiger partial charge in [0.25, 0.3) is 0 Å². The summed E-state index contributed by atoms with van der Waals surface area (Å²) in [6.45, 7) is 2.18. The lowest BCUT2D eigenvalue weighted by Gasteiger charge is -2.01. The molecule has 1 aromatic carbocycles. The van der Waals surface area contributed by atoms with E-state index < -0.39 is 0 Å². The van der Waals surface area contributed by atoms with Crippen LogP contribution in [-0.4, -0.2) is 17.6 Å². The van der Waals surface area contributed by atoms with E-state index in [2.05, 4.69) is 4.98 Å². The fourth-order valence-corrected chi connectivity index (χ4v) is 1.61. The minimum absolute atomic E-state index is 0.287. The molecule has 2 rings (SSSR count). The van der Waals surface area contributed by atoms with E-state index in [1.165, 1.54) is 0 Å². The first kappa shape index (κ1) is 13.0. The zero-order valence-corrected chi connectivity index (χ0v) is 10.7. The SMILES string of the molecule is CCOC(=O)c1ccc(C=Cc2cccnc2)cc1. The number of benzene rings is 1. The first-order chi connectivity index (χ1) is 9.29. The summed E-state index contributed by atoms with van der Waals surface area (Å²) in [5.41, 5.74) is 2.63. The lowest BCUT2D eigenvalue weighted by atomic mass is 10.1. The molecule has 0 bridgehead atoms. The van der Waals surface area contributed by atoms with Crippen LogP contribution >= 0.6 is 0 Å². The molecule has 0 saturated carbocycles. The van der Waals surface area contributed by atoms with Crippen molar-refractivity contribution in [2.75, 3.05) is 6.61 Å². The van der Waals surface area contributed by atoms with Gasteiger partial charge in [0.05, 0.1) is 12.2 Å².